The van der Waals surface area contributed by atoms with E-state index < -0.39 is 0 Å². The summed E-state index contributed by atoms with van der Waals surface area (Å²) in [4.78, 5) is 18.2. The van der Waals surface area contributed by atoms with Crippen molar-refractivity contribution in [2.75, 3.05) is 6.54 Å². The molecule has 1 heterocycles. The van der Waals surface area contributed by atoms with Crippen LogP contribution in [-0.4, -0.2) is 22.4 Å². The monoisotopic (exact) mass is 323 g/mol. The maximum absolute atomic E-state index is 11.4. The van der Waals surface area contributed by atoms with E-state index in [-0.39, 0.29) is 5.91 Å². The van der Waals surface area contributed by atoms with Crippen molar-refractivity contribution in [2.24, 2.45) is 0 Å². The van der Waals surface area contributed by atoms with Gasteiger partial charge in [0, 0.05) is 6.54 Å². The number of carbonyl (C=O) groups is 1. The lowest BCUT2D eigenvalue weighted by Gasteiger charge is -2.00. The Hall–Kier alpha value is -0.360. The number of unbranched alkanes of at least 4 members (excludes halogenated alkanes) is 1. The van der Waals surface area contributed by atoms with Crippen molar-refractivity contribution in [3.8, 4) is 0 Å². The summed E-state index contributed by atoms with van der Waals surface area (Å²) in [6, 6.07) is 0. The van der Waals surface area contributed by atoms with E-state index in [2.05, 4.69) is 54.1 Å². The molecule has 0 aromatic carbocycles. The molecule has 0 spiro atoms. The lowest BCUT2D eigenvalue weighted by molar-refractivity contribution is 0.0943. The van der Waals surface area contributed by atoms with Crippen molar-refractivity contribution >= 4 is 37.8 Å². The van der Waals surface area contributed by atoms with Crippen LogP contribution in [0.25, 0.3) is 0 Å². The summed E-state index contributed by atoms with van der Waals surface area (Å²) in [5.41, 5.74) is 0. The van der Waals surface area contributed by atoms with Gasteiger partial charge in [-0.25, -0.2) is 4.98 Å². The van der Waals surface area contributed by atoms with Gasteiger partial charge >= 0.3 is 0 Å². The summed E-state index contributed by atoms with van der Waals surface area (Å²) in [6.45, 7) is 2.76. The third-order valence-corrected chi connectivity index (χ3v) is 3.33. The second-order valence-electron chi connectivity index (χ2n) is 2.80. The minimum absolute atomic E-state index is 0.176. The number of hydrogen-bond donors (Lipinski definition) is 2. The van der Waals surface area contributed by atoms with Crippen LogP contribution in [-0.2, 0) is 0 Å². The predicted octanol–water partition coefficient (Wildman–Crippen LogP) is 2.46. The molecule has 1 amide bonds. The Morgan fingerprint density at radius 1 is 1.57 bits per heavy atom. The summed E-state index contributed by atoms with van der Waals surface area (Å²) in [5.74, 6) is 0.143. The number of carbonyl (C=O) groups excluding carboxylic acids is 1. The van der Waals surface area contributed by atoms with Crippen LogP contribution < -0.4 is 5.32 Å². The SMILES string of the molecule is CCCCNC(=O)c1nc(Br)c(Br)[nH]1. The van der Waals surface area contributed by atoms with Gasteiger partial charge in [-0.3, -0.25) is 4.79 Å². The van der Waals surface area contributed by atoms with Crippen LogP contribution >= 0.6 is 31.9 Å². The van der Waals surface area contributed by atoms with Crippen LogP contribution in [0.5, 0.6) is 0 Å². The van der Waals surface area contributed by atoms with Gasteiger partial charge in [0.1, 0.15) is 9.21 Å². The Bertz CT molecular complexity index is 305. The third kappa shape index (κ3) is 3.09. The fraction of sp³-hybridized carbons (Fsp3) is 0.500. The molecule has 0 aliphatic heterocycles. The Kier molecular flexibility index (Phi) is 4.60. The third-order valence-electron chi connectivity index (χ3n) is 1.65. The molecule has 1 rings (SSSR count). The molecule has 1 aromatic rings. The van der Waals surface area contributed by atoms with Gasteiger partial charge in [0.2, 0.25) is 0 Å². The first-order valence-corrected chi connectivity index (χ1v) is 5.93. The molecule has 0 atom stereocenters. The molecule has 14 heavy (non-hydrogen) atoms. The van der Waals surface area contributed by atoms with Gasteiger partial charge in [-0.15, -0.1) is 0 Å². The van der Waals surface area contributed by atoms with Gasteiger partial charge in [0.05, 0.1) is 0 Å². The van der Waals surface area contributed by atoms with Gasteiger partial charge in [-0.2, -0.15) is 0 Å². The Balaban J connectivity index is 2.52. The molecule has 0 aliphatic carbocycles. The highest BCUT2D eigenvalue weighted by atomic mass is 79.9. The number of amides is 1. The van der Waals surface area contributed by atoms with Crippen LogP contribution in [0.2, 0.25) is 0 Å². The highest BCUT2D eigenvalue weighted by Crippen LogP contribution is 2.19. The van der Waals surface area contributed by atoms with Crippen LogP contribution in [0.3, 0.4) is 0 Å². The normalized spacial score (nSPS) is 10.2. The topological polar surface area (TPSA) is 57.8 Å². The zero-order valence-corrected chi connectivity index (χ0v) is 10.9. The molecular weight excluding hydrogens is 314 g/mol. The van der Waals surface area contributed by atoms with Crippen LogP contribution in [0.15, 0.2) is 9.21 Å². The molecular formula is C8H11Br2N3O. The van der Waals surface area contributed by atoms with E-state index in [4.69, 9.17) is 0 Å². The van der Waals surface area contributed by atoms with Gasteiger partial charge in [0.15, 0.2) is 5.82 Å². The van der Waals surface area contributed by atoms with Crippen molar-refractivity contribution in [2.45, 2.75) is 19.8 Å². The van der Waals surface area contributed by atoms with E-state index >= 15 is 0 Å². The summed E-state index contributed by atoms with van der Waals surface area (Å²) in [5, 5.41) is 2.77. The highest BCUT2D eigenvalue weighted by Gasteiger charge is 2.11. The van der Waals surface area contributed by atoms with Crippen LogP contribution in [0.1, 0.15) is 30.4 Å². The number of rotatable bonds is 4. The van der Waals surface area contributed by atoms with Crippen molar-refractivity contribution in [3.05, 3.63) is 15.0 Å². The Morgan fingerprint density at radius 2 is 2.29 bits per heavy atom. The lowest BCUT2D eigenvalue weighted by Crippen LogP contribution is -2.25. The number of hydrogen-bond acceptors (Lipinski definition) is 2. The van der Waals surface area contributed by atoms with E-state index in [1.54, 1.807) is 0 Å². The predicted molar refractivity (Wildman–Crippen MR) is 61.2 cm³/mol. The molecule has 0 radical (unpaired) electrons. The summed E-state index contributed by atoms with van der Waals surface area (Å²) < 4.78 is 1.29. The lowest BCUT2D eigenvalue weighted by atomic mass is 10.3. The minimum atomic E-state index is -0.176. The van der Waals surface area contributed by atoms with E-state index in [9.17, 15) is 4.79 Å². The van der Waals surface area contributed by atoms with Crippen LogP contribution in [0, 0.1) is 0 Å². The molecule has 0 saturated heterocycles. The van der Waals surface area contributed by atoms with Crippen molar-refractivity contribution in [1.29, 1.82) is 0 Å². The van der Waals surface area contributed by atoms with E-state index in [1.807, 2.05) is 0 Å². The first kappa shape index (κ1) is 11.7. The standard InChI is InChI=1S/C8H11Br2N3O/c1-2-3-4-11-8(14)7-12-5(9)6(10)13-7/h2-4H2,1H3,(H,11,14)(H,12,13). The van der Waals surface area contributed by atoms with Crippen LogP contribution in [0.4, 0.5) is 0 Å². The molecule has 0 bridgehead atoms. The second kappa shape index (κ2) is 5.50. The molecule has 6 heteroatoms. The number of aromatic amines is 1. The van der Waals surface area contributed by atoms with Gasteiger partial charge < -0.3 is 10.3 Å². The quantitative estimate of drug-likeness (QED) is 0.836. The van der Waals surface area contributed by atoms with Crippen molar-refractivity contribution in [3.63, 3.8) is 0 Å². The van der Waals surface area contributed by atoms with E-state index in [1.165, 1.54) is 0 Å². The average molecular weight is 325 g/mol. The second-order valence-corrected chi connectivity index (χ2v) is 4.34. The largest absolute Gasteiger partial charge is 0.349 e. The molecule has 2 N–H and O–H groups in total. The zero-order chi connectivity index (χ0) is 10.6. The fourth-order valence-corrected chi connectivity index (χ4v) is 1.45. The molecule has 78 valence electrons. The number of aromatic nitrogens is 2. The number of nitrogens with one attached hydrogen (secondary N) is 2. The van der Waals surface area contributed by atoms with Gasteiger partial charge in [0.25, 0.3) is 5.91 Å². The zero-order valence-electron chi connectivity index (χ0n) is 7.73. The molecule has 0 unspecified atom stereocenters. The Labute approximate surface area is 99.1 Å². The maximum atomic E-state index is 11.4. The van der Waals surface area contributed by atoms with Crippen molar-refractivity contribution in [1.82, 2.24) is 15.3 Å². The maximum Gasteiger partial charge on any atom is 0.287 e. The molecule has 0 saturated carbocycles. The number of imidazole rings is 1. The number of H-pyrrole nitrogens is 1. The first-order valence-electron chi connectivity index (χ1n) is 4.34. The number of nitrogens with zero attached hydrogens (tertiary/aromatic N) is 1. The van der Waals surface area contributed by atoms with Gasteiger partial charge in [-0.05, 0) is 38.3 Å². The summed E-state index contributed by atoms with van der Waals surface area (Å²) in [7, 11) is 0. The van der Waals surface area contributed by atoms with E-state index in [0.29, 0.717) is 21.6 Å². The fourth-order valence-electron chi connectivity index (χ4n) is 0.901. The van der Waals surface area contributed by atoms with E-state index in [0.717, 1.165) is 12.8 Å². The van der Waals surface area contributed by atoms with Gasteiger partial charge in [-0.1, -0.05) is 13.3 Å². The number of halogens is 2. The Morgan fingerprint density at radius 3 is 2.79 bits per heavy atom. The highest BCUT2D eigenvalue weighted by molar-refractivity contribution is 9.13. The molecule has 0 fully saturated rings. The molecule has 0 aliphatic rings. The first-order chi connectivity index (χ1) is 6.65. The smallest absolute Gasteiger partial charge is 0.287 e. The molecule has 1 aromatic heterocycles. The summed E-state index contributed by atoms with van der Waals surface area (Å²) in [6.07, 6.45) is 2.04. The minimum Gasteiger partial charge on any atom is -0.349 e. The molecule has 4 nitrogen and oxygen atoms in total. The summed E-state index contributed by atoms with van der Waals surface area (Å²) >= 11 is 6.42. The van der Waals surface area contributed by atoms with Crippen molar-refractivity contribution < 1.29 is 4.79 Å². The average Bonchev–Trinajstić information content (AvgIpc) is 2.47.